The molecule has 6 nitrogen and oxygen atoms in total. The number of carbonyl (C=O) groups is 1. The number of benzene rings is 1. The smallest absolute Gasteiger partial charge is 0.341 e. The number of hydrogen-bond acceptors (Lipinski definition) is 4. The largest absolute Gasteiger partial charge is 0.477 e. The van der Waals surface area contributed by atoms with Crippen LogP contribution in [0.5, 0.6) is 0 Å². The van der Waals surface area contributed by atoms with Crippen LogP contribution in [0, 0.1) is 11.2 Å². The molecule has 28 heavy (non-hydrogen) atoms. The van der Waals surface area contributed by atoms with Gasteiger partial charge < -0.3 is 19.7 Å². The predicted molar refractivity (Wildman–Crippen MR) is 105 cm³/mol. The van der Waals surface area contributed by atoms with E-state index in [1.807, 2.05) is 30.2 Å². The summed E-state index contributed by atoms with van der Waals surface area (Å²) in [5.74, 6) is -1.80. The molecule has 2 aliphatic rings. The fourth-order valence-electron chi connectivity index (χ4n) is 4.66. The maximum Gasteiger partial charge on any atom is 0.341 e. The van der Waals surface area contributed by atoms with E-state index in [2.05, 4.69) is 0 Å². The highest BCUT2D eigenvalue weighted by molar-refractivity contribution is 5.95. The van der Waals surface area contributed by atoms with Gasteiger partial charge in [-0.05, 0) is 32.3 Å². The van der Waals surface area contributed by atoms with Gasteiger partial charge in [0, 0.05) is 41.7 Å². The first-order chi connectivity index (χ1) is 13.1. The van der Waals surface area contributed by atoms with Gasteiger partial charge in [0.1, 0.15) is 11.4 Å². The Morgan fingerprint density at radius 1 is 1.32 bits per heavy atom. The highest BCUT2D eigenvalue weighted by Crippen LogP contribution is 2.41. The molecular weight excluding hydrogens is 363 g/mol. The molecule has 150 valence electrons. The fourth-order valence-corrected chi connectivity index (χ4v) is 4.66. The highest BCUT2D eigenvalue weighted by Gasteiger charge is 2.37. The number of aromatic carboxylic acids is 1. The number of hydrogen-bond donors (Lipinski definition) is 2. The van der Waals surface area contributed by atoms with Gasteiger partial charge in [-0.2, -0.15) is 0 Å². The quantitative estimate of drug-likeness (QED) is 0.827. The van der Waals surface area contributed by atoms with Gasteiger partial charge in [-0.15, -0.1) is 0 Å². The van der Waals surface area contributed by atoms with Crippen LogP contribution >= 0.6 is 0 Å². The van der Waals surface area contributed by atoms with Gasteiger partial charge in [-0.25, -0.2) is 9.18 Å². The van der Waals surface area contributed by atoms with Crippen molar-refractivity contribution in [2.45, 2.75) is 52.2 Å². The van der Waals surface area contributed by atoms with Crippen molar-refractivity contribution in [3.63, 3.8) is 0 Å². The lowest BCUT2D eigenvalue weighted by Gasteiger charge is -2.44. The van der Waals surface area contributed by atoms with Gasteiger partial charge in [-0.3, -0.25) is 4.79 Å². The third-order valence-electron chi connectivity index (χ3n) is 6.35. The Bertz CT molecular complexity index is 1040. The SMILES string of the molecule is CC1CCc2c(N3CC[C@H](O)C(C)(C)C3)c(F)cc3c(=O)c(C(=O)O)cn1c23. The number of rotatable bonds is 2. The van der Waals surface area contributed by atoms with Crippen molar-refractivity contribution in [2.75, 3.05) is 18.0 Å². The first-order valence-corrected chi connectivity index (χ1v) is 9.68. The summed E-state index contributed by atoms with van der Waals surface area (Å²) in [4.78, 5) is 26.2. The van der Waals surface area contributed by atoms with Crippen LogP contribution in [0.25, 0.3) is 10.9 Å². The lowest BCUT2D eigenvalue weighted by Crippen LogP contribution is -2.49. The third-order valence-corrected chi connectivity index (χ3v) is 6.35. The first kappa shape index (κ1) is 18.9. The molecule has 7 heteroatoms. The average molecular weight is 388 g/mol. The molecule has 4 rings (SSSR count). The van der Waals surface area contributed by atoms with Crippen molar-refractivity contribution in [2.24, 2.45) is 5.41 Å². The molecule has 0 spiro atoms. The molecule has 0 bridgehead atoms. The Balaban J connectivity index is 1.99. The van der Waals surface area contributed by atoms with Crippen molar-refractivity contribution in [1.29, 1.82) is 0 Å². The zero-order chi connectivity index (χ0) is 20.4. The lowest BCUT2D eigenvalue weighted by molar-refractivity contribution is 0.0334. The normalized spacial score (nSPS) is 23.8. The van der Waals surface area contributed by atoms with Gasteiger partial charge in [0.2, 0.25) is 5.43 Å². The number of aliphatic hydroxyl groups excluding tert-OH is 1. The molecule has 2 aromatic rings. The number of pyridine rings is 1. The van der Waals surface area contributed by atoms with E-state index in [0.29, 0.717) is 37.1 Å². The molecule has 2 aliphatic heterocycles. The first-order valence-electron chi connectivity index (χ1n) is 9.68. The molecular formula is C21H25FN2O4. The van der Waals surface area contributed by atoms with Gasteiger partial charge in [0.15, 0.2) is 0 Å². The number of carboxylic acid groups (broad SMARTS) is 1. The molecule has 0 saturated carbocycles. The van der Waals surface area contributed by atoms with Crippen LogP contribution in [0.1, 0.15) is 55.6 Å². The minimum atomic E-state index is -1.30. The van der Waals surface area contributed by atoms with Crippen LogP contribution in [0.3, 0.4) is 0 Å². The van der Waals surface area contributed by atoms with Gasteiger partial charge >= 0.3 is 5.97 Å². The molecule has 1 unspecified atom stereocenters. The number of carboxylic acids is 1. The van der Waals surface area contributed by atoms with E-state index < -0.39 is 23.3 Å². The zero-order valence-electron chi connectivity index (χ0n) is 16.3. The lowest BCUT2D eigenvalue weighted by atomic mass is 9.80. The van der Waals surface area contributed by atoms with Gasteiger partial charge in [-0.1, -0.05) is 13.8 Å². The van der Waals surface area contributed by atoms with Crippen LogP contribution in [-0.2, 0) is 6.42 Å². The molecule has 1 aromatic carbocycles. The van der Waals surface area contributed by atoms with Crippen LogP contribution in [-0.4, -0.2) is 39.9 Å². The fraction of sp³-hybridized carbons (Fsp3) is 0.524. The molecule has 1 saturated heterocycles. The number of anilines is 1. The third kappa shape index (κ3) is 2.71. The van der Waals surface area contributed by atoms with Crippen molar-refractivity contribution < 1.29 is 19.4 Å². The molecule has 2 N–H and O–H groups in total. The second-order valence-corrected chi connectivity index (χ2v) is 8.77. The minimum Gasteiger partial charge on any atom is -0.477 e. The Morgan fingerprint density at radius 3 is 2.68 bits per heavy atom. The summed E-state index contributed by atoms with van der Waals surface area (Å²) < 4.78 is 17.1. The number of aliphatic hydroxyl groups is 1. The second-order valence-electron chi connectivity index (χ2n) is 8.77. The Hall–Kier alpha value is -2.41. The van der Waals surface area contributed by atoms with Crippen molar-refractivity contribution >= 4 is 22.6 Å². The summed E-state index contributed by atoms with van der Waals surface area (Å²) in [7, 11) is 0. The number of piperidine rings is 1. The van der Waals surface area contributed by atoms with Crippen LogP contribution in [0.4, 0.5) is 10.1 Å². The average Bonchev–Trinajstić information content (AvgIpc) is 2.61. The summed E-state index contributed by atoms with van der Waals surface area (Å²) >= 11 is 0. The Morgan fingerprint density at radius 2 is 2.04 bits per heavy atom. The number of aromatic nitrogens is 1. The standard InChI is InChI=1S/C21H25FN2O4/c1-11-4-5-12-17-13(19(26)14(20(27)28)9-24(11)17)8-15(22)18(12)23-7-6-16(25)21(2,3)10-23/h8-9,11,16,25H,4-7,10H2,1-3H3,(H,27,28)/t11?,16-/m0/s1. The van der Waals surface area contributed by atoms with E-state index in [0.717, 1.165) is 12.0 Å². The van der Waals surface area contributed by atoms with E-state index in [9.17, 15) is 19.8 Å². The monoisotopic (exact) mass is 388 g/mol. The number of halogens is 1. The number of aryl methyl sites for hydroxylation is 1. The Labute approximate surface area is 162 Å². The van der Waals surface area contributed by atoms with E-state index in [1.165, 1.54) is 12.3 Å². The van der Waals surface area contributed by atoms with E-state index in [1.54, 1.807) is 0 Å². The van der Waals surface area contributed by atoms with E-state index in [-0.39, 0.29) is 22.4 Å². The van der Waals surface area contributed by atoms with Crippen LogP contribution in [0.2, 0.25) is 0 Å². The topological polar surface area (TPSA) is 82.8 Å². The van der Waals surface area contributed by atoms with Gasteiger partial charge in [0.05, 0.1) is 17.3 Å². The molecule has 0 aliphatic carbocycles. The molecule has 0 radical (unpaired) electrons. The zero-order valence-corrected chi connectivity index (χ0v) is 16.3. The Kier molecular flexibility index (Phi) is 4.26. The van der Waals surface area contributed by atoms with E-state index in [4.69, 9.17) is 0 Å². The molecule has 2 atom stereocenters. The maximum absolute atomic E-state index is 15.3. The van der Waals surface area contributed by atoms with Gasteiger partial charge in [0.25, 0.3) is 0 Å². The highest BCUT2D eigenvalue weighted by atomic mass is 19.1. The van der Waals surface area contributed by atoms with Crippen LogP contribution in [0.15, 0.2) is 17.1 Å². The summed E-state index contributed by atoms with van der Waals surface area (Å²) in [5, 5.41) is 19.8. The maximum atomic E-state index is 15.3. The number of nitrogens with zero attached hydrogens (tertiary/aromatic N) is 2. The second kappa shape index (κ2) is 6.30. The molecule has 0 amide bonds. The van der Waals surface area contributed by atoms with E-state index >= 15 is 4.39 Å². The van der Waals surface area contributed by atoms with Crippen molar-refractivity contribution in [3.8, 4) is 0 Å². The molecule has 1 fully saturated rings. The van der Waals surface area contributed by atoms with Crippen molar-refractivity contribution in [1.82, 2.24) is 4.57 Å². The summed E-state index contributed by atoms with van der Waals surface area (Å²) in [6.45, 7) is 6.95. The van der Waals surface area contributed by atoms with Crippen LogP contribution < -0.4 is 10.3 Å². The summed E-state index contributed by atoms with van der Waals surface area (Å²) in [6, 6.07) is 1.21. The van der Waals surface area contributed by atoms with Crippen molar-refractivity contribution in [3.05, 3.63) is 39.4 Å². The molecule has 1 aromatic heterocycles. The summed E-state index contributed by atoms with van der Waals surface area (Å²) in [6.07, 6.45) is 2.85. The summed E-state index contributed by atoms with van der Waals surface area (Å²) in [5.41, 5.74) is 0.524. The molecule has 3 heterocycles. The minimum absolute atomic E-state index is 0.0200. The predicted octanol–water partition coefficient (Wildman–Crippen LogP) is 2.94.